The monoisotopic (exact) mass is 335 g/mol. The van der Waals surface area contributed by atoms with Crippen molar-refractivity contribution < 1.29 is 14.3 Å². The number of ether oxygens (including phenoxy) is 2. The first-order chi connectivity index (χ1) is 12.1. The lowest BCUT2D eigenvalue weighted by Crippen LogP contribution is -2.27. The van der Waals surface area contributed by atoms with Crippen LogP contribution in [0.15, 0.2) is 42.5 Å². The van der Waals surface area contributed by atoms with Crippen molar-refractivity contribution in [3.8, 4) is 17.6 Å². The SMILES string of the molecule is CN(C)C(=O)Nc1ccc(/C(C#N)=C/c2ccc3c(c2)OCO3)cc1. The van der Waals surface area contributed by atoms with E-state index in [0.29, 0.717) is 22.8 Å². The minimum absolute atomic E-state index is 0.204. The molecule has 1 heterocycles. The van der Waals surface area contributed by atoms with Crippen LogP contribution in [0.3, 0.4) is 0 Å². The molecule has 0 bridgehead atoms. The average molecular weight is 335 g/mol. The first-order valence-corrected chi connectivity index (χ1v) is 7.67. The Labute approximate surface area is 145 Å². The Morgan fingerprint density at radius 3 is 2.56 bits per heavy atom. The van der Waals surface area contributed by atoms with E-state index in [2.05, 4.69) is 11.4 Å². The standard InChI is InChI=1S/C19H17N3O3/c1-22(2)19(23)21-16-6-4-14(5-7-16)15(11-20)9-13-3-8-17-18(10-13)25-12-24-17/h3-10H,12H2,1-2H3,(H,21,23)/b15-9+. The van der Waals surface area contributed by atoms with Crippen molar-refractivity contribution in [3.63, 3.8) is 0 Å². The molecule has 0 radical (unpaired) electrons. The molecule has 2 amide bonds. The van der Waals surface area contributed by atoms with Crippen molar-refractivity contribution in [2.45, 2.75) is 0 Å². The summed E-state index contributed by atoms with van der Waals surface area (Å²) < 4.78 is 10.6. The number of hydrogen-bond donors (Lipinski definition) is 1. The topological polar surface area (TPSA) is 74.6 Å². The summed E-state index contributed by atoms with van der Waals surface area (Å²) in [6.07, 6.45) is 1.79. The molecule has 1 aliphatic rings. The van der Waals surface area contributed by atoms with Crippen LogP contribution in [0.5, 0.6) is 11.5 Å². The molecule has 0 unspecified atom stereocenters. The Kier molecular flexibility index (Phi) is 4.57. The van der Waals surface area contributed by atoms with Gasteiger partial charge in [-0.15, -0.1) is 0 Å². The lowest BCUT2D eigenvalue weighted by molar-refractivity contribution is 0.174. The van der Waals surface area contributed by atoms with Gasteiger partial charge in [-0.1, -0.05) is 18.2 Å². The Hall–Kier alpha value is -3.46. The fourth-order valence-electron chi connectivity index (χ4n) is 2.32. The Balaban J connectivity index is 1.81. The third kappa shape index (κ3) is 3.72. The van der Waals surface area contributed by atoms with Gasteiger partial charge in [0.2, 0.25) is 6.79 Å². The molecule has 0 saturated carbocycles. The molecule has 2 aromatic carbocycles. The van der Waals surface area contributed by atoms with Gasteiger partial charge in [0.1, 0.15) is 0 Å². The van der Waals surface area contributed by atoms with Crippen molar-refractivity contribution in [1.29, 1.82) is 5.26 Å². The molecule has 0 saturated heterocycles. The maximum atomic E-state index is 11.7. The predicted molar refractivity (Wildman–Crippen MR) is 95.2 cm³/mol. The number of carbonyl (C=O) groups excluding carboxylic acids is 1. The van der Waals surface area contributed by atoms with E-state index in [1.807, 2.05) is 18.2 Å². The summed E-state index contributed by atoms with van der Waals surface area (Å²) in [6, 6.07) is 14.7. The van der Waals surface area contributed by atoms with Crippen LogP contribution in [0.25, 0.3) is 11.6 Å². The highest BCUT2D eigenvalue weighted by atomic mass is 16.7. The third-order valence-corrected chi connectivity index (χ3v) is 3.68. The Morgan fingerprint density at radius 1 is 1.16 bits per heavy atom. The summed E-state index contributed by atoms with van der Waals surface area (Å²) in [4.78, 5) is 13.1. The normalized spacial score (nSPS) is 12.4. The van der Waals surface area contributed by atoms with Crippen LogP contribution in [0.4, 0.5) is 10.5 Å². The van der Waals surface area contributed by atoms with Gasteiger partial charge in [0.05, 0.1) is 11.6 Å². The molecule has 1 N–H and O–H groups in total. The second kappa shape index (κ2) is 6.97. The largest absolute Gasteiger partial charge is 0.454 e. The molecule has 25 heavy (non-hydrogen) atoms. The molecule has 1 aliphatic heterocycles. The van der Waals surface area contributed by atoms with Gasteiger partial charge in [0, 0.05) is 19.8 Å². The van der Waals surface area contributed by atoms with Crippen LogP contribution in [0, 0.1) is 11.3 Å². The Morgan fingerprint density at radius 2 is 1.88 bits per heavy atom. The highest BCUT2D eigenvalue weighted by molar-refractivity contribution is 5.92. The van der Waals surface area contributed by atoms with E-state index in [1.165, 1.54) is 4.90 Å². The van der Waals surface area contributed by atoms with Crippen molar-refractivity contribution >= 4 is 23.4 Å². The molecule has 0 aliphatic carbocycles. The molecule has 126 valence electrons. The fourth-order valence-corrected chi connectivity index (χ4v) is 2.32. The second-order valence-electron chi connectivity index (χ2n) is 5.68. The molecule has 0 fully saturated rings. The first kappa shape index (κ1) is 16.4. The number of carbonyl (C=O) groups is 1. The average Bonchev–Trinajstić information content (AvgIpc) is 3.08. The first-order valence-electron chi connectivity index (χ1n) is 7.67. The number of benzene rings is 2. The number of amides is 2. The summed E-state index contributed by atoms with van der Waals surface area (Å²) >= 11 is 0. The number of nitriles is 1. The zero-order valence-electron chi connectivity index (χ0n) is 13.9. The molecule has 3 rings (SSSR count). The lowest BCUT2D eigenvalue weighted by atomic mass is 10.0. The third-order valence-electron chi connectivity index (χ3n) is 3.68. The maximum absolute atomic E-state index is 11.7. The predicted octanol–water partition coefficient (Wildman–Crippen LogP) is 3.57. The zero-order valence-corrected chi connectivity index (χ0v) is 13.9. The van der Waals surface area contributed by atoms with Gasteiger partial charge >= 0.3 is 6.03 Å². The van der Waals surface area contributed by atoms with E-state index in [-0.39, 0.29) is 12.8 Å². The van der Waals surface area contributed by atoms with Gasteiger partial charge in [-0.05, 0) is 41.5 Å². The number of rotatable bonds is 3. The summed E-state index contributed by atoms with van der Waals surface area (Å²) in [5.41, 5.74) is 2.81. The van der Waals surface area contributed by atoms with Crippen molar-refractivity contribution in [1.82, 2.24) is 4.90 Å². The van der Waals surface area contributed by atoms with Crippen LogP contribution in [0.1, 0.15) is 11.1 Å². The van der Waals surface area contributed by atoms with Gasteiger partial charge in [-0.2, -0.15) is 5.26 Å². The van der Waals surface area contributed by atoms with Crippen LogP contribution >= 0.6 is 0 Å². The van der Waals surface area contributed by atoms with Crippen LogP contribution in [-0.2, 0) is 0 Å². The van der Waals surface area contributed by atoms with Gasteiger partial charge in [-0.25, -0.2) is 4.79 Å². The molecule has 0 atom stereocenters. The van der Waals surface area contributed by atoms with Crippen molar-refractivity contribution in [2.75, 3.05) is 26.2 Å². The van der Waals surface area contributed by atoms with E-state index in [4.69, 9.17) is 9.47 Å². The number of fused-ring (bicyclic) bond motifs is 1. The number of anilines is 1. The number of nitrogens with zero attached hydrogens (tertiary/aromatic N) is 2. The summed E-state index contributed by atoms with van der Waals surface area (Å²) in [7, 11) is 3.34. The molecule has 6 nitrogen and oxygen atoms in total. The number of allylic oxidation sites excluding steroid dienone is 1. The van der Waals surface area contributed by atoms with Gasteiger partial charge in [0.25, 0.3) is 0 Å². The number of nitrogens with one attached hydrogen (secondary N) is 1. The molecule has 2 aromatic rings. The zero-order chi connectivity index (χ0) is 17.8. The summed E-state index contributed by atoms with van der Waals surface area (Å²) in [5.74, 6) is 1.38. The summed E-state index contributed by atoms with van der Waals surface area (Å²) in [5, 5.41) is 12.2. The van der Waals surface area contributed by atoms with Crippen LogP contribution in [-0.4, -0.2) is 31.8 Å². The smallest absolute Gasteiger partial charge is 0.321 e. The lowest BCUT2D eigenvalue weighted by Gasteiger charge is -2.12. The fraction of sp³-hybridized carbons (Fsp3) is 0.158. The molecule has 6 heteroatoms. The molecule has 0 aromatic heterocycles. The quantitative estimate of drug-likeness (QED) is 0.687. The molecule has 0 spiro atoms. The van der Waals surface area contributed by atoms with Gasteiger partial charge < -0.3 is 19.7 Å². The van der Waals surface area contributed by atoms with Crippen molar-refractivity contribution in [3.05, 3.63) is 53.6 Å². The van der Waals surface area contributed by atoms with Crippen LogP contribution in [0.2, 0.25) is 0 Å². The molecular formula is C19H17N3O3. The number of hydrogen-bond acceptors (Lipinski definition) is 4. The van der Waals surface area contributed by atoms with Crippen LogP contribution < -0.4 is 14.8 Å². The highest BCUT2D eigenvalue weighted by Crippen LogP contribution is 2.33. The Bertz CT molecular complexity index is 864. The number of urea groups is 1. The summed E-state index contributed by atoms with van der Waals surface area (Å²) in [6.45, 7) is 0.216. The van der Waals surface area contributed by atoms with E-state index < -0.39 is 0 Å². The van der Waals surface area contributed by atoms with E-state index in [1.54, 1.807) is 44.4 Å². The van der Waals surface area contributed by atoms with E-state index in [0.717, 1.165) is 11.1 Å². The second-order valence-corrected chi connectivity index (χ2v) is 5.68. The van der Waals surface area contributed by atoms with E-state index >= 15 is 0 Å². The van der Waals surface area contributed by atoms with Crippen molar-refractivity contribution in [2.24, 2.45) is 0 Å². The maximum Gasteiger partial charge on any atom is 0.321 e. The molecular weight excluding hydrogens is 318 g/mol. The van der Waals surface area contributed by atoms with E-state index in [9.17, 15) is 10.1 Å². The van der Waals surface area contributed by atoms with Gasteiger partial charge in [-0.3, -0.25) is 0 Å². The van der Waals surface area contributed by atoms with Gasteiger partial charge in [0.15, 0.2) is 11.5 Å². The minimum atomic E-state index is -0.204. The minimum Gasteiger partial charge on any atom is -0.454 e. The highest BCUT2D eigenvalue weighted by Gasteiger charge is 2.13.